The third-order valence-electron chi connectivity index (χ3n) is 1.39. The van der Waals surface area contributed by atoms with Crippen molar-refractivity contribution in [3.63, 3.8) is 0 Å². The quantitative estimate of drug-likeness (QED) is 0.298. The normalized spacial score (nSPS) is 12.6. The van der Waals surface area contributed by atoms with E-state index in [1.165, 1.54) is 0 Å². The van der Waals surface area contributed by atoms with Crippen LogP contribution < -0.4 is 11.2 Å². The minimum absolute atomic E-state index is 0.0715. The second kappa shape index (κ2) is 6.55. The highest BCUT2D eigenvalue weighted by Crippen LogP contribution is 1.94. The summed E-state index contributed by atoms with van der Waals surface area (Å²) < 4.78 is 0. The van der Waals surface area contributed by atoms with Gasteiger partial charge in [-0.05, 0) is 6.42 Å². The third-order valence-corrected chi connectivity index (χ3v) is 1.64. The Morgan fingerprint density at radius 3 is 2.57 bits per heavy atom. The fraction of sp³-hybridized carbons (Fsp3) is 0.667. The van der Waals surface area contributed by atoms with Gasteiger partial charge in [-0.2, -0.15) is 0 Å². The Bertz CT molecular complexity index is 211. The molecular formula is C6H11ClN3O4-. The summed E-state index contributed by atoms with van der Waals surface area (Å²) in [5.41, 5.74) is 0. The maximum Gasteiger partial charge on any atom is 0.326 e. The summed E-state index contributed by atoms with van der Waals surface area (Å²) in [7, 11) is 0. The van der Waals surface area contributed by atoms with Crippen LogP contribution in [0.3, 0.4) is 0 Å². The number of hydroxylamine groups is 1. The Morgan fingerprint density at radius 2 is 2.21 bits per heavy atom. The number of nitrogens with zero attached hydrogens (tertiary/aromatic N) is 1. The van der Waals surface area contributed by atoms with Crippen molar-refractivity contribution < 1.29 is 14.7 Å². The number of hydrazine groups is 1. The molecule has 0 heterocycles. The van der Waals surface area contributed by atoms with Crippen LogP contribution in [0, 0.1) is 5.21 Å². The van der Waals surface area contributed by atoms with Gasteiger partial charge in [0.05, 0.1) is 0 Å². The first-order chi connectivity index (χ1) is 6.47. The summed E-state index contributed by atoms with van der Waals surface area (Å²) in [5.74, 6) is 2.59. The Hall–Kier alpha value is -0.890. The van der Waals surface area contributed by atoms with E-state index < -0.39 is 17.9 Å². The van der Waals surface area contributed by atoms with Crippen molar-refractivity contribution in [1.29, 1.82) is 0 Å². The number of carbonyl (C=O) groups is 2. The molecule has 0 fully saturated rings. The largest absolute Gasteiger partial charge is 0.772 e. The number of carbonyl (C=O) groups excluding carboxylic acids is 1. The number of nitrogens with two attached hydrogens (primary N) is 1. The zero-order valence-electron chi connectivity index (χ0n) is 7.27. The van der Waals surface area contributed by atoms with Crippen LogP contribution in [0.15, 0.2) is 0 Å². The van der Waals surface area contributed by atoms with Gasteiger partial charge in [-0.15, -0.1) is 11.6 Å². The van der Waals surface area contributed by atoms with Crippen molar-refractivity contribution in [3.8, 4) is 0 Å². The average Bonchev–Trinajstić information content (AvgIpc) is 2.10. The number of carboxylic acids is 1. The third kappa shape index (κ3) is 5.70. The molecule has 0 aromatic heterocycles. The molecule has 1 atom stereocenters. The molecule has 0 saturated heterocycles. The van der Waals surface area contributed by atoms with Crippen LogP contribution in [0.4, 0.5) is 0 Å². The molecular weight excluding hydrogens is 214 g/mol. The molecule has 0 rings (SSSR count). The molecule has 14 heavy (non-hydrogen) atoms. The lowest BCUT2D eigenvalue weighted by Gasteiger charge is -2.23. The number of nitrogens with one attached hydrogen (secondary N) is 1. The van der Waals surface area contributed by atoms with E-state index in [0.29, 0.717) is 0 Å². The van der Waals surface area contributed by atoms with E-state index >= 15 is 0 Å². The van der Waals surface area contributed by atoms with E-state index in [9.17, 15) is 14.8 Å². The predicted molar refractivity (Wildman–Crippen MR) is 49.2 cm³/mol. The van der Waals surface area contributed by atoms with Crippen LogP contribution in [-0.2, 0) is 9.59 Å². The van der Waals surface area contributed by atoms with Crippen molar-refractivity contribution >= 4 is 23.5 Å². The van der Waals surface area contributed by atoms with Gasteiger partial charge in [0.2, 0.25) is 5.91 Å². The second-order valence-electron chi connectivity index (χ2n) is 2.52. The molecule has 4 N–H and O–H groups in total. The first-order valence-corrected chi connectivity index (χ1v) is 4.28. The molecule has 8 heteroatoms. The Balaban J connectivity index is 4.03. The molecule has 1 unspecified atom stereocenters. The number of alkyl halides is 1. The van der Waals surface area contributed by atoms with Crippen LogP contribution >= 0.6 is 11.6 Å². The van der Waals surface area contributed by atoms with Crippen LogP contribution in [-0.4, -0.2) is 40.6 Å². The molecule has 0 spiro atoms. The van der Waals surface area contributed by atoms with Crippen molar-refractivity contribution in [2.75, 3.05) is 12.4 Å². The number of hydrogen-bond acceptors (Lipinski definition) is 5. The number of aliphatic carboxylic acids is 1. The van der Waals surface area contributed by atoms with Gasteiger partial charge in [0.1, 0.15) is 11.9 Å². The Morgan fingerprint density at radius 1 is 1.64 bits per heavy atom. The van der Waals surface area contributed by atoms with Gasteiger partial charge in [-0.1, -0.05) is 0 Å². The Kier molecular flexibility index (Phi) is 6.13. The van der Waals surface area contributed by atoms with Crippen molar-refractivity contribution in [3.05, 3.63) is 5.21 Å². The minimum atomic E-state index is -1.23. The zero-order chi connectivity index (χ0) is 11.1. The molecule has 0 aliphatic carbocycles. The predicted octanol–water partition coefficient (Wildman–Crippen LogP) is -1.14. The summed E-state index contributed by atoms with van der Waals surface area (Å²) in [6, 6.07) is -1.14. The van der Waals surface area contributed by atoms with Crippen LogP contribution in [0.5, 0.6) is 0 Å². The number of rotatable bonds is 6. The van der Waals surface area contributed by atoms with E-state index in [1.807, 2.05) is 0 Å². The fourth-order valence-electron chi connectivity index (χ4n) is 0.747. The summed E-state index contributed by atoms with van der Waals surface area (Å²) in [5, 5.41) is 21.1. The van der Waals surface area contributed by atoms with Gasteiger partial charge in [-0.25, -0.2) is 4.79 Å². The van der Waals surface area contributed by atoms with E-state index in [2.05, 4.69) is 5.32 Å². The van der Waals surface area contributed by atoms with Crippen molar-refractivity contribution in [2.45, 2.75) is 12.5 Å². The summed E-state index contributed by atoms with van der Waals surface area (Å²) in [6.45, 7) is -0.181. The molecule has 7 nitrogen and oxygen atoms in total. The lowest BCUT2D eigenvalue weighted by molar-refractivity contribution is -0.141. The van der Waals surface area contributed by atoms with Crippen LogP contribution in [0.1, 0.15) is 6.42 Å². The minimum Gasteiger partial charge on any atom is -0.772 e. The van der Waals surface area contributed by atoms with Crippen LogP contribution in [0.25, 0.3) is 0 Å². The summed E-state index contributed by atoms with van der Waals surface area (Å²) >= 11 is 5.16. The first kappa shape index (κ1) is 13.1. The van der Waals surface area contributed by atoms with Gasteiger partial charge < -0.3 is 20.8 Å². The number of carboxylic acid groups (broad SMARTS) is 1. The van der Waals surface area contributed by atoms with Crippen LogP contribution in [0.2, 0.25) is 0 Å². The SMILES string of the molecule is NN([O-])CCC(NC(=O)CCl)C(=O)O. The average molecular weight is 225 g/mol. The number of amides is 1. The van der Waals surface area contributed by atoms with Gasteiger partial charge in [0.15, 0.2) is 0 Å². The molecule has 1 amide bonds. The molecule has 82 valence electrons. The van der Waals surface area contributed by atoms with E-state index in [4.69, 9.17) is 22.6 Å². The highest BCUT2D eigenvalue weighted by atomic mass is 35.5. The highest BCUT2D eigenvalue weighted by Gasteiger charge is 2.18. The summed E-state index contributed by atoms with van der Waals surface area (Å²) in [4.78, 5) is 21.3. The molecule has 0 aromatic rings. The van der Waals surface area contributed by atoms with E-state index in [1.54, 1.807) is 0 Å². The highest BCUT2D eigenvalue weighted by molar-refractivity contribution is 6.27. The monoisotopic (exact) mass is 224 g/mol. The van der Waals surface area contributed by atoms with Gasteiger partial charge in [0.25, 0.3) is 0 Å². The summed E-state index contributed by atoms with van der Waals surface area (Å²) in [6.07, 6.45) is -0.0715. The molecule has 0 aromatic carbocycles. The number of hydrogen-bond donors (Lipinski definition) is 3. The lowest BCUT2D eigenvalue weighted by atomic mass is 10.2. The molecule has 0 radical (unpaired) electrons. The molecule has 0 aliphatic heterocycles. The van der Waals surface area contributed by atoms with Gasteiger partial charge in [0, 0.05) is 6.54 Å². The topological polar surface area (TPSA) is 119 Å². The van der Waals surface area contributed by atoms with E-state index in [-0.39, 0.29) is 24.0 Å². The van der Waals surface area contributed by atoms with Crippen molar-refractivity contribution in [1.82, 2.24) is 10.5 Å². The fourth-order valence-corrected chi connectivity index (χ4v) is 0.824. The standard InChI is InChI=1S/C6H11ClN3O4/c7-3-5(11)9-4(6(12)13)1-2-10(8)14/h4H,1-3,8H2,(H,9,11)(H,12,13)/q-1. The smallest absolute Gasteiger partial charge is 0.326 e. The van der Waals surface area contributed by atoms with Gasteiger partial charge >= 0.3 is 5.97 Å². The molecule has 0 aliphatic rings. The molecule has 0 bridgehead atoms. The maximum absolute atomic E-state index is 10.7. The molecule has 0 saturated carbocycles. The van der Waals surface area contributed by atoms with E-state index in [0.717, 1.165) is 0 Å². The second-order valence-corrected chi connectivity index (χ2v) is 2.79. The van der Waals surface area contributed by atoms with Crippen molar-refractivity contribution in [2.24, 2.45) is 5.84 Å². The zero-order valence-corrected chi connectivity index (χ0v) is 8.03. The van der Waals surface area contributed by atoms with Gasteiger partial charge in [-0.3, -0.25) is 10.6 Å². The first-order valence-electron chi connectivity index (χ1n) is 3.75. The Labute approximate surface area is 85.4 Å². The lowest BCUT2D eigenvalue weighted by Crippen LogP contribution is -2.43. The number of halogens is 1. The maximum atomic E-state index is 10.7.